The first-order chi connectivity index (χ1) is 9.89. The molecule has 1 fully saturated rings. The highest BCUT2D eigenvalue weighted by Crippen LogP contribution is 2.33. The predicted molar refractivity (Wildman–Crippen MR) is 76.6 cm³/mol. The van der Waals surface area contributed by atoms with Gasteiger partial charge in [-0.05, 0) is 33.1 Å². The van der Waals surface area contributed by atoms with Gasteiger partial charge in [0, 0.05) is 6.54 Å². The van der Waals surface area contributed by atoms with E-state index in [4.69, 9.17) is 4.74 Å². The Hall–Kier alpha value is -1.44. The van der Waals surface area contributed by atoms with Crippen LogP contribution in [0.5, 0.6) is 0 Å². The van der Waals surface area contributed by atoms with Gasteiger partial charge in [0.2, 0.25) is 0 Å². The molecule has 118 valence electrons. The highest BCUT2D eigenvalue weighted by Gasteiger charge is 2.41. The summed E-state index contributed by atoms with van der Waals surface area (Å²) >= 11 is 0. The zero-order chi connectivity index (χ0) is 15.6. The van der Waals surface area contributed by atoms with E-state index in [0.29, 0.717) is 24.6 Å². The molecule has 8 heteroatoms. The van der Waals surface area contributed by atoms with E-state index in [1.165, 1.54) is 0 Å². The van der Waals surface area contributed by atoms with Gasteiger partial charge in [-0.1, -0.05) is 0 Å². The van der Waals surface area contributed by atoms with Crippen molar-refractivity contribution in [1.29, 1.82) is 0 Å². The van der Waals surface area contributed by atoms with Gasteiger partial charge in [-0.3, -0.25) is 4.79 Å². The van der Waals surface area contributed by atoms with Crippen LogP contribution in [0.3, 0.4) is 0 Å². The number of aromatic nitrogens is 3. The van der Waals surface area contributed by atoms with Crippen LogP contribution in [-0.4, -0.2) is 47.3 Å². The molecule has 21 heavy (non-hydrogen) atoms. The highest BCUT2D eigenvalue weighted by atomic mass is 32.2. The molecular weight excluding hydrogens is 294 g/mol. The summed E-state index contributed by atoms with van der Waals surface area (Å²) < 4.78 is 30.4. The van der Waals surface area contributed by atoms with Crippen LogP contribution in [0.2, 0.25) is 0 Å². The van der Waals surface area contributed by atoms with Gasteiger partial charge < -0.3 is 9.30 Å². The molecule has 0 amide bonds. The first-order valence-electron chi connectivity index (χ1n) is 7.16. The largest absolute Gasteiger partial charge is 0.465 e. The Kier molecular flexibility index (Phi) is 4.65. The summed E-state index contributed by atoms with van der Waals surface area (Å²) in [6, 6.07) is 0. The van der Waals surface area contributed by atoms with Gasteiger partial charge in [-0.2, -0.15) is 0 Å². The first kappa shape index (κ1) is 15.9. The van der Waals surface area contributed by atoms with E-state index in [9.17, 15) is 13.2 Å². The first-order valence-corrected chi connectivity index (χ1v) is 8.98. The van der Waals surface area contributed by atoms with Gasteiger partial charge >= 0.3 is 5.97 Å². The summed E-state index contributed by atoms with van der Waals surface area (Å²) in [4.78, 5) is 12.3. The molecular formula is C13H21N3O4S. The number of esters is 1. The number of carbonyl (C=O) groups excluding carboxylic acids is 1. The van der Waals surface area contributed by atoms with E-state index in [2.05, 4.69) is 10.2 Å². The number of hydrogen-bond donors (Lipinski definition) is 0. The van der Waals surface area contributed by atoms with E-state index >= 15 is 0 Å². The van der Waals surface area contributed by atoms with E-state index in [1.807, 2.05) is 18.4 Å². The zero-order valence-corrected chi connectivity index (χ0v) is 13.4. The Bertz CT molecular complexity index is 623. The van der Waals surface area contributed by atoms with Gasteiger partial charge in [0.15, 0.2) is 9.84 Å². The maximum absolute atomic E-state index is 12.3. The summed E-state index contributed by atoms with van der Waals surface area (Å²) in [6.07, 6.45) is 0.460. The molecule has 2 unspecified atom stereocenters. The lowest BCUT2D eigenvalue weighted by Crippen LogP contribution is -2.28. The molecule has 1 aromatic heterocycles. The lowest BCUT2D eigenvalue weighted by atomic mass is 9.91. The van der Waals surface area contributed by atoms with E-state index in [0.717, 1.165) is 0 Å². The fraction of sp³-hybridized carbons (Fsp3) is 0.769. The fourth-order valence-corrected chi connectivity index (χ4v) is 4.69. The Morgan fingerprint density at radius 2 is 2.14 bits per heavy atom. The smallest absolute Gasteiger partial charge is 0.317 e. The highest BCUT2D eigenvalue weighted by molar-refractivity contribution is 7.91. The topological polar surface area (TPSA) is 91.2 Å². The number of ether oxygens (including phenoxy) is 1. The monoisotopic (exact) mass is 315 g/mol. The van der Waals surface area contributed by atoms with Crippen LogP contribution in [0.4, 0.5) is 0 Å². The van der Waals surface area contributed by atoms with Crippen LogP contribution in [0.1, 0.15) is 37.8 Å². The summed E-state index contributed by atoms with van der Waals surface area (Å²) in [6.45, 7) is 6.37. The van der Waals surface area contributed by atoms with Crippen molar-refractivity contribution in [2.75, 3.05) is 18.1 Å². The second-order valence-corrected chi connectivity index (χ2v) is 7.47. The molecule has 1 aliphatic heterocycles. The third kappa shape index (κ3) is 3.25. The van der Waals surface area contributed by atoms with E-state index in [-0.39, 0.29) is 24.0 Å². The van der Waals surface area contributed by atoms with Crippen molar-refractivity contribution < 1.29 is 17.9 Å². The second kappa shape index (κ2) is 6.13. The molecule has 0 N–H and O–H groups in total. The number of hydrogen-bond acceptors (Lipinski definition) is 6. The number of sulfone groups is 1. The average molecular weight is 315 g/mol. The van der Waals surface area contributed by atoms with Gasteiger partial charge in [-0.15, -0.1) is 10.2 Å². The molecule has 0 spiro atoms. The minimum atomic E-state index is -3.07. The van der Waals surface area contributed by atoms with Crippen LogP contribution >= 0.6 is 0 Å². The minimum Gasteiger partial charge on any atom is -0.465 e. The number of aryl methyl sites for hydroxylation is 1. The molecule has 0 radical (unpaired) electrons. The van der Waals surface area contributed by atoms with Crippen molar-refractivity contribution in [1.82, 2.24) is 14.8 Å². The molecule has 0 bridgehead atoms. The molecule has 2 rings (SSSR count). The molecule has 1 aliphatic rings. The summed E-state index contributed by atoms with van der Waals surface area (Å²) in [5.74, 6) is -0.0231. The Labute approximate surface area is 124 Å². The minimum absolute atomic E-state index is 0.00605. The number of nitrogens with zero attached hydrogens (tertiary/aromatic N) is 3. The predicted octanol–water partition coefficient (Wildman–Crippen LogP) is 0.688. The molecule has 1 saturated heterocycles. The number of rotatable bonds is 5. The van der Waals surface area contributed by atoms with Gasteiger partial charge in [-0.25, -0.2) is 8.42 Å². The van der Waals surface area contributed by atoms with Gasteiger partial charge in [0.1, 0.15) is 17.6 Å². The summed E-state index contributed by atoms with van der Waals surface area (Å²) in [5, 5.41) is 8.11. The fourth-order valence-electron chi connectivity index (χ4n) is 2.85. The second-order valence-electron chi connectivity index (χ2n) is 5.24. The zero-order valence-electron chi connectivity index (χ0n) is 12.6. The third-order valence-electron chi connectivity index (χ3n) is 3.84. The molecule has 0 aromatic carbocycles. The average Bonchev–Trinajstić information content (AvgIpc) is 2.94. The maximum Gasteiger partial charge on any atom is 0.317 e. The van der Waals surface area contributed by atoms with Crippen molar-refractivity contribution in [3.63, 3.8) is 0 Å². The Balaban J connectivity index is 2.39. The van der Waals surface area contributed by atoms with Gasteiger partial charge in [0.05, 0.1) is 18.1 Å². The lowest BCUT2D eigenvalue weighted by Gasteiger charge is -2.20. The molecule has 1 aromatic rings. The molecule has 2 atom stereocenters. The molecule has 7 nitrogen and oxygen atoms in total. The summed E-state index contributed by atoms with van der Waals surface area (Å²) in [5.41, 5.74) is 0. The van der Waals surface area contributed by atoms with E-state index in [1.54, 1.807) is 6.92 Å². The van der Waals surface area contributed by atoms with Crippen molar-refractivity contribution in [3.05, 3.63) is 11.6 Å². The van der Waals surface area contributed by atoms with Crippen molar-refractivity contribution in [3.8, 4) is 0 Å². The number of carbonyl (C=O) groups is 1. The third-order valence-corrected chi connectivity index (χ3v) is 5.63. The van der Waals surface area contributed by atoms with Crippen LogP contribution in [0, 0.1) is 12.8 Å². The van der Waals surface area contributed by atoms with Crippen LogP contribution in [-0.2, 0) is 25.9 Å². The van der Waals surface area contributed by atoms with Crippen molar-refractivity contribution in [2.24, 2.45) is 5.92 Å². The quantitative estimate of drug-likeness (QED) is 0.742. The summed E-state index contributed by atoms with van der Waals surface area (Å²) in [7, 11) is -3.07. The lowest BCUT2D eigenvalue weighted by molar-refractivity contribution is -0.146. The van der Waals surface area contributed by atoms with Crippen molar-refractivity contribution in [2.45, 2.75) is 39.7 Å². The maximum atomic E-state index is 12.3. The standard InChI is InChI=1S/C13H21N3O4S/c1-4-16-9(3)14-15-12(16)11(13(17)20-5-2)10-6-7-21(18,19)8-10/h10-11H,4-8H2,1-3H3. The van der Waals surface area contributed by atoms with Crippen molar-refractivity contribution >= 4 is 15.8 Å². The Morgan fingerprint density at radius 3 is 2.67 bits per heavy atom. The SMILES string of the molecule is CCOC(=O)C(c1nnc(C)n1CC)C1CCS(=O)(=O)C1. The Morgan fingerprint density at radius 1 is 1.43 bits per heavy atom. The van der Waals surface area contributed by atoms with E-state index < -0.39 is 21.7 Å². The van der Waals surface area contributed by atoms with Crippen LogP contribution < -0.4 is 0 Å². The molecule has 0 aliphatic carbocycles. The molecule has 0 saturated carbocycles. The molecule has 2 heterocycles. The van der Waals surface area contributed by atoms with Crippen LogP contribution in [0.15, 0.2) is 0 Å². The van der Waals surface area contributed by atoms with Crippen LogP contribution in [0.25, 0.3) is 0 Å². The normalized spacial score (nSPS) is 22.1. The van der Waals surface area contributed by atoms with Gasteiger partial charge in [0.25, 0.3) is 0 Å².